The molecule has 3 rings (SSSR count). The number of hydrogen-bond acceptors (Lipinski definition) is 4. The van der Waals surface area contributed by atoms with Crippen molar-refractivity contribution in [3.05, 3.63) is 65.7 Å². The van der Waals surface area contributed by atoms with Crippen LogP contribution in [0.3, 0.4) is 0 Å². The molecule has 1 saturated heterocycles. The van der Waals surface area contributed by atoms with Gasteiger partial charge in [-0.25, -0.2) is 12.7 Å². The van der Waals surface area contributed by atoms with Gasteiger partial charge in [0.2, 0.25) is 0 Å². The minimum Gasteiger partial charge on any atom is -0.242 e. The predicted molar refractivity (Wildman–Crippen MR) is 94.4 cm³/mol. The zero-order chi connectivity index (χ0) is 15.7. The van der Waals surface area contributed by atoms with Crippen LogP contribution in [-0.2, 0) is 10.0 Å². The fourth-order valence-corrected chi connectivity index (χ4v) is 5.91. The fourth-order valence-electron chi connectivity index (χ4n) is 2.41. The van der Waals surface area contributed by atoms with E-state index in [1.165, 1.54) is 16.1 Å². The molecule has 114 valence electrons. The second-order valence-corrected chi connectivity index (χ2v) is 8.59. The first-order valence-electron chi connectivity index (χ1n) is 6.83. The highest BCUT2D eigenvalue weighted by Gasteiger charge is 2.39. The molecule has 6 heteroatoms. The van der Waals surface area contributed by atoms with Gasteiger partial charge in [-0.1, -0.05) is 72.0 Å². The Morgan fingerprint density at radius 1 is 1.09 bits per heavy atom. The van der Waals surface area contributed by atoms with E-state index in [2.05, 4.69) is 0 Å². The summed E-state index contributed by atoms with van der Waals surface area (Å²) in [6.45, 7) is 1.93. The molecule has 1 fully saturated rings. The highest BCUT2D eigenvalue weighted by Crippen LogP contribution is 2.39. The Morgan fingerprint density at radius 3 is 2.36 bits per heavy atom. The van der Waals surface area contributed by atoms with Gasteiger partial charge in [0.15, 0.2) is 4.32 Å². The third-order valence-electron chi connectivity index (χ3n) is 3.59. The van der Waals surface area contributed by atoms with Crippen molar-refractivity contribution < 1.29 is 8.42 Å². The lowest BCUT2D eigenvalue weighted by Crippen LogP contribution is -2.33. The Labute approximate surface area is 140 Å². The average molecular weight is 350 g/mol. The Balaban J connectivity index is 2.03. The SMILES string of the molecule is Cc1ccc(S(=O)(=O)N2C(=S)SCC2c2ccccc2)cc1. The van der Waals surface area contributed by atoms with Crippen LogP contribution in [0.1, 0.15) is 17.2 Å². The lowest BCUT2D eigenvalue weighted by molar-refractivity contribution is 0.481. The van der Waals surface area contributed by atoms with Crippen molar-refractivity contribution in [2.24, 2.45) is 0 Å². The molecular formula is C16H15NO2S3. The van der Waals surface area contributed by atoms with E-state index in [1.807, 2.05) is 37.3 Å². The second-order valence-electron chi connectivity index (χ2n) is 5.12. The molecule has 1 aliphatic heterocycles. The van der Waals surface area contributed by atoms with Gasteiger partial charge >= 0.3 is 0 Å². The molecule has 2 aromatic rings. The van der Waals surface area contributed by atoms with Crippen LogP contribution in [0, 0.1) is 6.92 Å². The smallest absolute Gasteiger partial charge is 0.242 e. The summed E-state index contributed by atoms with van der Waals surface area (Å²) >= 11 is 6.71. The van der Waals surface area contributed by atoms with E-state index in [0.717, 1.165) is 11.1 Å². The highest BCUT2D eigenvalue weighted by molar-refractivity contribution is 8.24. The number of hydrogen-bond donors (Lipinski definition) is 0. The molecule has 1 unspecified atom stereocenters. The standard InChI is InChI=1S/C16H15NO2S3/c1-12-7-9-14(10-8-12)22(18,19)17-15(11-21-16(17)20)13-5-3-2-4-6-13/h2-10,15H,11H2,1H3. The van der Waals surface area contributed by atoms with Gasteiger partial charge in [-0.3, -0.25) is 0 Å². The van der Waals surface area contributed by atoms with Gasteiger partial charge in [0.25, 0.3) is 10.0 Å². The summed E-state index contributed by atoms with van der Waals surface area (Å²) in [6, 6.07) is 16.3. The molecule has 0 spiro atoms. The number of thioether (sulfide) groups is 1. The first-order valence-corrected chi connectivity index (χ1v) is 9.66. The lowest BCUT2D eigenvalue weighted by Gasteiger charge is -2.25. The zero-order valence-corrected chi connectivity index (χ0v) is 14.4. The Morgan fingerprint density at radius 2 is 1.73 bits per heavy atom. The molecule has 22 heavy (non-hydrogen) atoms. The number of rotatable bonds is 3. The van der Waals surface area contributed by atoms with Gasteiger partial charge in [-0.2, -0.15) is 0 Å². The largest absolute Gasteiger partial charge is 0.265 e. The van der Waals surface area contributed by atoms with Gasteiger partial charge in [-0.15, -0.1) is 0 Å². The maximum absolute atomic E-state index is 13.0. The summed E-state index contributed by atoms with van der Waals surface area (Å²) in [6.07, 6.45) is 0. The average Bonchev–Trinajstić information content (AvgIpc) is 2.91. The molecule has 0 bridgehead atoms. The first-order chi connectivity index (χ1) is 10.5. The van der Waals surface area contributed by atoms with Crippen LogP contribution in [0.5, 0.6) is 0 Å². The topological polar surface area (TPSA) is 37.4 Å². The summed E-state index contributed by atoms with van der Waals surface area (Å²) in [4.78, 5) is 0.281. The molecule has 0 N–H and O–H groups in total. The number of aryl methyl sites for hydroxylation is 1. The summed E-state index contributed by atoms with van der Waals surface area (Å²) in [7, 11) is -3.63. The van der Waals surface area contributed by atoms with Crippen molar-refractivity contribution in [2.45, 2.75) is 17.9 Å². The number of nitrogens with zero attached hydrogens (tertiary/aromatic N) is 1. The lowest BCUT2D eigenvalue weighted by atomic mass is 10.1. The van der Waals surface area contributed by atoms with E-state index < -0.39 is 10.0 Å². The van der Waals surface area contributed by atoms with E-state index >= 15 is 0 Å². The van der Waals surface area contributed by atoms with Crippen molar-refractivity contribution in [2.75, 3.05) is 5.75 Å². The van der Waals surface area contributed by atoms with Gasteiger partial charge < -0.3 is 0 Å². The third kappa shape index (κ3) is 2.78. The normalized spacial score (nSPS) is 18.7. The van der Waals surface area contributed by atoms with Crippen LogP contribution < -0.4 is 0 Å². The number of sulfonamides is 1. The minimum atomic E-state index is -3.63. The molecular weight excluding hydrogens is 334 g/mol. The van der Waals surface area contributed by atoms with Crippen LogP contribution >= 0.6 is 24.0 Å². The van der Waals surface area contributed by atoms with Gasteiger partial charge in [-0.05, 0) is 24.6 Å². The van der Waals surface area contributed by atoms with E-state index in [-0.39, 0.29) is 10.9 Å². The van der Waals surface area contributed by atoms with Crippen LogP contribution in [0.15, 0.2) is 59.5 Å². The summed E-state index contributed by atoms with van der Waals surface area (Å²) in [5.74, 6) is 0.647. The molecule has 2 aromatic carbocycles. The van der Waals surface area contributed by atoms with Crippen LogP contribution in [0.2, 0.25) is 0 Å². The van der Waals surface area contributed by atoms with E-state index in [1.54, 1.807) is 24.3 Å². The van der Waals surface area contributed by atoms with Crippen LogP contribution in [-0.4, -0.2) is 22.8 Å². The predicted octanol–water partition coefficient (Wildman–Crippen LogP) is 3.76. The maximum Gasteiger partial charge on any atom is 0.265 e. The van der Waals surface area contributed by atoms with Gasteiger partial charge in [0.1, 0.15) is 0 Å². The fraction of sp³-hybridized carbons (Fsp3) is 0.188. The van der Waals surface area contributed by atoms with Crippen molar-refractivity contribution in [3.8, 4) is 0 Å². The molecule has 0 radical (unpaired) electrons. The Hall–Kier alpha value is -1.37. The van der Waals surface area contributed by atoms with Crippen molar-refractivity contribution in [3.63, 3.8) is 0 Å². The van der Waals surface area contributed by atoms with E-state index in [9.17, 15) is 8.42 Å². The van der Waals surface area contributed by atoms with Crippen molar-refractivity contribution >= 4 is 38.3 Å². The van der Waals surface area contributed by atoms with E-state index in [0.29, 0.717) is 10.1 Å². The first kappa shape index (κ1) is 15.5. The van der Waals surface area contributed by atoms with Crippen molar-refractivity contribution in [1.82, 2.24) is 4.31 Å². The van der Waals surface area contributed by atoms with Crippen LogP contribution in [0.4, 0.5) is 0 Å². The number of benzene rings is 2. The monoisotopic (exact) mass is 349 g/mol. The van der Waals surface area contributed by atoms with Gasteiger partial charge in [0.05, 0.1) is 10.9 Å². The maximum atomic E-state index is 13.0. The number of thiocarbonyl (C=S) groups is 1. The second kappa shape index (κ2) is 6.02. The molecule has 1 aliphatic rings. The molecule has 0 amide bonds. The molecule has 1 heterocycles. The quantitative estimate of drug-likeness (QED) is 0.791. The minimum absolute atomic E-state index is 0.245. The van der Waals surface area contributed by atoms with Crippen LogP contribution in [0.25, 0.3) is 0 Å². The third-order valence-corrected chi connectivity index (χ3v) is 7.12. The zero-order valence-electron chi connectivity index (χ0n) is 12.0. The Kier molecular flexibility index (Phi) is 4.25. The summed E-state index contributed by atoms with van der Waals surface area (Å²) in [5, 5.41) is 0. The van der Waals surface area contributed by atoms with Gasteiger partial charge in [0, 0.05) is 5.75 Å². The van der Waals surface area contributed by atoms with Crippen molar-refractivity contribution in [1.29, 1.82) is 0 Å². The molecule has 3 nitrogen and oxygen atoms in total. The molecule has 1 atom stereocenters. The Bertz CT molecular complexity index is 786. The molecule has 0 aromatic heterocycles. The molecule has 0 saturated carbocycles. The van der Waals surface area contributed by atoms with E-state index in [4.69, 9.17) is 12.2 Å². The summed E-state index contributed by atoms with van der Waals surface area (Å²) < 4.78 is 27.7. The summed E-state index contributed by atoms with van der Waals surface area (Å²) in [5.41, 5.74) is 1.99. The highest BCUT2D eigenvalue weighted by atomic mass is 32.2. The molecule has 0 aliphatic carbocycles.